The molecule has 0 aliphatic heterocycles. The predicted molar refractivity (Wildman–Crippen MR) is 131 cm³/mol. The van der Waals surface area contributed by atoms with Crippen LogP contribution in [-0.2, 0) is 0 Å². The highest BCUT2D eigenvalue weighted by Crippen LogP contribution is 2.42. The lowest BCUT2D eigenvalue weighted by Crippen LogP contribution is -2.20. The normalized spacial score (nSPS) is 22.3. The Labute approximate surface area is 185 Å². The number of pyridine rings is 1. The molecule has 0 radical (unpaired) electrons. The fourth-order valence-electron chi connectivity index (χ4n) is 4.65. The number of fused-ring (bicyclic) bond motifs is 1. The number of allylic oxidation sites excluding steroid dienone is 4. The summed E-state index contributed by atoms with van der Waals surface area (Å²) < 4.78 is 13.8. The third-order valence-electron chi connectivity index (χ3n) is 6.64. The van der Waals surface area contributed by atoms with Gasteiger partial charge in [0.1, 0.15) is 5.82 Å². The third kappa shape index (κ3) is 5.75. The van der Waals surface area contributed by atoms with Crippen molar-refractivity contribution in [1.82, 2.24) is 4.98 Å². The van der Waals surface area contributed by atoms with Crippen LogP contribution in [0.15, 0.2) is 64.4 Å². The van der Waals surface area contributed by atoms with E-state index < -0.39 is 0 Å². The number of rotatable bonds is 6. The Morgan fingerprint density at radius 2 is 1.81 bits per heavy atom. The first-order chi connectivity index (χ1) is 14.9. The van der Waals surface area contributed by atoms with Crippen molar-refractivity contribution < 1.29 is 4.39 Å². The summed E-state index contributed by atoms with van der Waals surface area (Å²) in [6.45, 7) is 8.41. The van der Waals surface area contributed by atoms with E-state index in [1.54, 1.807) is 19.2 Å². The van der Waals surface area contributed by atoms with Crippen molar-refractivity contribution in [1.29, 1.82) is 0 Å². The molecule has 1 unspecified atom stereocenters. The third-order valence-corrected chi connectivity index (χ3v) is 6.64. The lowest BCUT2D eigenvalue weighted by Gasteiger charge is -2.33. The molecule has 0 N–H and O–H groups in total. The Hall–Kier alpha value is -2.62. The Balaban J connectivity index is 1.69. The van der Waals surface area contributed by atoms with Crippen LogP contribution in [0, 0.1) is 17.7 Å². The van der Waals surface area contributed by atoms with Crippen molar-refractivity contribution >= 4 is 22.3 Å². The lowest BCUT2D eigenvalue weighted by molar-refractivity contribution is 0.268. The zero-order valence-corrected chi connectivity index (χ0v) is 19.4. The van der Waals surface area contributed by atoms with Gasteiger partial charge in [-0.15, -0.1) is 0 Å². The molecule has 3 rings (SSSR count). The number of hydrogen-bond acceptors (Lipinski definition) is 3. The number of nitrogens with zero attached hydrogens (tertiary/aromatic N) is 3. The van der Waals surface area contributed by atoms with Gasteiger partial charge >= 0.3 is 0 Å². The second kappa shape index (κ2) is 10.6. The molecule has 1 aliphatic rings. The van der Waals surface area contributed by atoms with Gasteiger partial charge in [0, 0.05) is 41.7 Å². The zero-order valence-electron chi connectivity index (χ0n) is 19.4. The maximum absolute atomic E-state index is 13.8. The Morgan fingerprint density at radius 1 is 1.10 bits per heavy atom. The minimum Gasteiger partial charge on any atom is -0.293 e. The molecule has 2 aromatic rings. The van der Waals surface area contributed by atoms with E-state index >= 15 is 0 Å². The quantitative estimate of drug-likeness (QED) is 0.453. The maximum atomic E-state index is 13.8. The average molecular weight is 420 g/mol. The number of hydrogen-bond donors (Lipinski definition) is 0. The van der Waals surface area contributed by atoms with Crippen LogP contribution in [0.3, 0.4) is 0 Å². The van der Waals surface area contributed by atoms with Crippen LogP contribution >= 0.6 is 0 Å². The standard InChI is InChI=1S/C27H34FN3/c1-6-26(31-19(3)8-7-18(2)29-5)20(4)21-9-11-22(12-10-21)24-15-16-30-27-14-13-23(28)17-25(24)27/h6-8,13-17,20-22H,9-12H2,1-5H3/b8-7-,26-6-,29-18-,31-19+. The van der Waals surface area contributed by atoms with Gasteiger partial charge in [-0.1, -0.05) is 13.0 Å². The minimum atomic E-state index is -0.190. The molecule has 1 saturated carbocycles. The SMILES string of the molecule is C\C=C(/N=C(C)/C=C\C(C)=N/C)C(C)C1CCC(c2ccnc3ccc(F)cc23)CC1. The van der Waals surface area contributed by atoms with E-state index in [4.69, 9.17) is 4.99 Å². The van der Waals surface area contributed by atoms with Crippen LogP contribution in [0.4, 0.5) is 4.39 Å². The van der Waals surface area contributed by atoms with Gasteiger partial charge in [0.05, 0.1) is 5.52 Å². The molecule has 0 bridgehead atoms. The van der Waals surface area contributed by atoms with Crippen molar-refractivity contribution in [3.63, 3.8) is 0 Å². The van der Waals surface area contributed by atoms with E-state index in [-0.39, 0.29) is 5.82 Å². The summed E-state index contributed by atoms with van der Waals surface area (Å²) in [5.41, 5.74) is 5.28. The highest BCUT2D eigenvalue weighted by Gasteiger charge is 2.28. The monoisotopic (exact) mass is 419 g/mol. The molecule has 1 aliphatic carbocycles. The summed E-state index contributed by atoms with van der Waals surface area (Å²) in [4.78, 5) is 13.5. The number of benzene rings is 1. The Morgan fingerprint density at radius 3 is 2.48 bits per heavy atom. The highest BCUT2D eigenvalue weighted by molar-refractivity contribution is 6.01. The molecule has 1 fully saturated rings. The fourth-order valence-corrected chi connectivity index (χ4v) is 4.65. The van der Waals surface area contributed by atoms with Crippen LogP contribution in [0.25, 0.3) is 10.9 Å². The smallest absolute Gasteiger partial charge is 0.123 e. The van der Waals surface area contributed by atoms with E-state index in [1.807, 2.05) is 32.2 Å². The summed E-state index contributed by atoms with van der Waals surface area (Å²) in [6.07, 6.45) is 12.6. The first-order valence-corrected chi connectivity index (χ1v) is 11.3. The second-order valence-corrected chi connectivity index (χ2v) is 8.63. The topological polar surface area (TPSA) is 37.6 Å². The van der Waals surface area contributed by atoms with Gasteiger partial charge in [-0.05, 0) is 100 Å². The molecule has 1 heterocycles. The molecule has 3 nitrogen and oxygen atoms in total. The fraction of sp³-hybridized carbons (Fsp3) is 0.444. The van der Waals surface area contributed by atoms with E-state index in [0.29, 0.717) is 17.8 Å². The van der Waals surface area contributed by atoms with E-state index in [0.717, 1.165) is 53.7 Å². The molecule has 0 saturated heterocycles. The van der Waals surface area contributed by atoms with Gasteiger partial charge in [0.25, 0.3) is 0 Å². The van der Waals surface area contributed by atoms with Crippen LogP contribution in [0.5, 0.6) is 0 Å². The Bertz CT molecular complexity index is 1020. The molecule has 1 atom stereocenters. The van der Waals surface area contributed by atoms with Crippen LogP contribution in [-0.4, -0.2) is 23.5 Å². The molecular weight excluding hydrogens is 385 g/mol. The Kier molecular flexibility index (Phi) is 7.89. The summed E-state index contributed by atoms with van der Waals surface area (Å²) in [5.74, 6) is 1.31. The zero-order chi connectivity index (χ0) is 22.4. The van der Waals surface area contributed by atoms with Gasteiger partial charge < -0.3 is 0 Å². The largest absolute Gasteiger partial charge is 0.293 e. The van der Waals surface area contributed by atoms with Gasteiger partial charge in [-0.3, -0.25) is 15.0 Å². The second-order valence-electron chi connectivity index (χ2n) is 8.63. The molecule has 4 heteroatoms. The van der Waals surface area contributed by atoms with Gasteiger partial charge in [-0.25, -0.2) is 4.39 Å². The highest BCUT2D eigenvalue weighted by atomic mass is 19.1. The predicted octanol–water partition coefficient (Wildman–Crippen LogP) is 7.30. The van der Waals surface area contributed by atoms with Crippen molar-refractivity contribution in [3.05, 3.63) is 65.8 Å². The maximum Gasteiger partial charge on any atom is 0.123 e. The van der Waals surface area contributed by atoms with E-state index in [9.17, 15) is 4.39 Å². The molecule has 1 aromatic heterocycles. The van der Waals surface area contributed by atoms with E-state index in [2.05, 4.69) is 36.0 Å². The summed E-state index contributed by atoms with van der Waals surface area (Å²) >= 11 is 0. The molecule has 31 heavy (non-hydrogen) atoms. The van der Waals surface area contributed by atoms with Gasteiger partial charge in [0.2, 0.25) is 0 Å². The molecular formula is C27H34FN3. The summed E-state index contributed by atoms with van der Waals surface area (Å²) in [7, 11) is 1.80. The van der Waals surface area contributed by atoms with Gasteiger partial charge in [0.15, 0.2) is 0 Å². The average Bonchev–Trinajstić information content (AvgIpc) is 2.80. The molecule has 1 aromatic carbocycles. The van der Waals surface area contributed by atoms with Gasteiger partial charge in [-0.2, -0.15) is 0 Å². The number of halogens is 1. The van der Waals surface area contributed by atoms with Crippen molar-refractivity contribution in [3.8, 4) is 0 Å². The first kappa shape index (κ1) is 23.1. The van der Waals surface area contributed by atoms with Crippen molar-refractivity contribution in [2.45, 2.75) is 59.3 Å². The summed E-state index contributed by atoms with van der Waals surface area (Å²) in [6, 6.07) is 6.99. The molecule has 0 spiro atoms. The number of aliphatic imine (C=N–C) groups is 2. The minimum absolute atomic E-state index is 0.190. The van der Waals surface area contributed by atoms with Crippen molar-refractivity contribution in [2.75, 3.05) is 7.05 Å². The number of aromatic nitrogens is 1. The molecule has 0 amide bonds. The van der Waals surface area contributed by atoms with E-state index in [1.165, 1.54) is 11.6 Å². The summed E-state index contributed by atoms with van der Waals surface area (Å²) in [5, 5.41) is 0.964. The lowest BCUT2D eigenvalue weighted by atomic mass is 9.73. The van der Waals surface area contributed by atoms with Crippen LogP contribution in [0.2, 0.25) is 0 Å². The van der Waals surface area contributed by atoms with Crippen molar-refractivity contribution in [2.24, 2.45) is 21.8 Å². The molecule has 164 valence electrons. The first-order valence-electron chi connectivity index (χ1n) is 11.3. The van der Waals surface area contributed by atoms with Crippen LogP contribution in [0.1, 0.15) is 64.9 Å². The van der Waals surface area contributed by atoms with Crippen LogP contribution < -0.4 is 0 Å².